The van der Waals surface area contributed by atoms with E-state index < -0.39 is 28.5 Å². The van der Waals surface area contributed by atoms with Crippen molar-refractivity contribution < 1.29 is 22.7 Å². The molecule has 0 saturated heterocycles. The summed E-state index contributed by atoms with van der Waals surface area (Å²) in [4.78, 5) is 27.8. The second kappa shape index (κ2) is 13.1. The van der Waals surface area contributed by atoms with Gasteiger partial charge < -0.3 is 15.0 Å². The van der Waals surface area contributed by atoms with Gasteiger partial charge in [0.15, 0.2) is 0 Å². The molecule has 0 fully saturated rings. The van der Waals surface area contributed by atoms with Crippen molar-refractivity contribution in [3.05, 3.63) is 59.7 Å². The topological polar surface area (TPSA) is 96.0 Å². The van der Waals surface area contributed by atoms with Crippen molar-refractivity contribution in [3.63, 3.8) is 0 Å². The maximum absolute atomic E-state index is 13.5. The van der Waals surface area contributed by atoms with Gasteiger partial charge in [-0.3, -0.25) is 13.9 Å². The molecule has 0 aliphatic carbocycles. The number of aryl methyl sites for hydroxylation is 1. The van der Waals surface area contributed by atoms with Gasteiger partial charge >= 0.3 is 0 Å². The molecule has 0 radical (unpaired) electrons. The van der Waals surface area contributed by atoms with Gasteiger partial charge in [-0.05, 0) is 55.2 Å². The molecule has 0 bridgehead atoms. The SMILES string of the molecule is CCCCNC(=O)C(C)N(Cc1ccc(OC)cc1)C(=O)CN(c1ccc(CC)cc1)S(C)(=O)=O. The zero-order valence-corrected chi connectivity index (χ0v) is 22.1. The number of carbonyl (C=O) groups excluding carboxylic acids is 2. The molecule has 1 N–H and O–H groups in total. The second-order valence-electron chi connectivity index (χ2n) is 8.48. The fraction of sp³-hybridized carbons (Fsp3) is 0.462. The zero-order chi connectivity index (χ0) is 26.0. The van der Waals surface area contributed by atoms with Crippen LogP contribution in [0, 0.1) is 0 Å². The average Bonchev–Trinajstić information content (AvgIpc) is 2.85. The monoisotopic (exact) mass is 503 g/mol. The molecular weight excluding hydrogens is 466 g/mol. The van der Waals surface area contributed by atoms with E-state index in [2.05, 4.69) is 5.32 Å². The molecular formula is C26H37N3O5S. The molecule has 35 heavy (non-hydrogen) atoms. The van der Waals surface area contributed by atoms with Crippen molar-refractivity contribution in [1.82, 2.24) is 10.2 Å². The van der Waals surface area contributed by atoms with Gasteiger partial charge in [0.05, 0.1) is 19.1 Å². The molecule has 9 heteroatoms. The maximum Gasteiger partial charge on any atom is 0.244 e. The fourth-order valence-electron chi connectivity index (χ4n) is 3.56. The van der Waals surface area contributed by atoms with E-state index in [0.717, 1.165) is 41.0 Å². The van der Waals surface area contributed by atoms with Gasteiger partial charge in [-0.15, -0.1) is 0 Å². The highest BCUT2D eigenvalue weighted by atomic mass is 32.2. The van der Waals surface area contributed by atoms with E-state index in [1.54, 1.807) is 38.3 Å². The number of hydrogen-bond donors (Lipinski definition) is 1. The van der Waals surface area contributed by atoms with Crippen LogP contribution in [0.3, 0.4) is 0 Å². The second-order valence-corrected chi connectivity index (χ2v) is 10.4. The first-order valence-electron chi connectivity index (χ1n) is 11.9. The highest BCUT2D eigenvalue weighted by molar-refractivity contribution is 7.92. The van der Waals surface area contributed by atoms with Crippen LogP contribution in [0.25, 0.3) is 0 Å². The highest BCUT2D eigenvalue weighted by Gasteiger charge is 2.30. The van der Waals surface area contributed by atoms with Gasteiger partial charge in [0.25, 0.3) is 0 Å². The van der Waals surface area contributed by atoms with E-state index in [1.165, 1.54) is 4.90 Å². The van der Waals surface area contributed by atoms with Crippen molar-refractivity contribution in [3.8, 4) is 5.75 Å². The predicted octanol–water partition coefficient (Wildman–Crippen LogP) is 3.36. The molecule has 2 aromatic carbocycles. The van der Waals surface area contributed by atoms with Gasteiger partial charge in [0.1, 0.15) is 18.3 Å². The molecule has 0 spiro atoms. The van der Waals surface area contributed by atoms with E-state index in [1.807, 2.05) is 38.1 Å². The minimum absolute atomic E-state index is 0.150. The molecule has 0 aliphatic heterocycles. The van der Waals surface area contributed by atoms with E-state index in [9.17, 15) is 18.0 Å². The molecule has 0 aliphatic rings. The van der Waals surface area contributed by atoms with Crippen LogP contribution in [0.5, 0.6) is 5.75 Å². The fourth-order valence-corrected chi connectivity index (χ4v) is 4.41. The van der Waals surface area contributed by atoms with Crippen LogP contribution in [0.15, 0.2) is 48.5 Å². The summed E-state index contributed by atoms with van der Waals surface area (Å²) in [5.41, 5.74) is 2.26. The Morgan fingerprint density at radius 1 is 1.00 bits per heavy atom. The molecule has 2 rings (SSSR count). The molecule has 192 valence electrons. The van der Waals surface area contributed by atoms with Crippen molar-refractivity contribution in [2.45, 2.75) is 52.6 Å². The smallest absolute Gasteiger partial charge is 0.244 e. The molecule has 8 nitrogen and oxygen atoms in total. The maximum atomic E-state index is 13.5. The van der Waals surface area contributed by atoms with Crippen molar-refractivity contribution >= 4 is 27.5 Å². The van der Waals surface area contributed by atoms with Crippen LogP contribution in [0.2, 0.25) is 0 Å². The van der Waals surface area contributed by atoms with Crippen LogP contribution in [-0.4, -0.2) is 57.6 Å². The largest absolute Gasteiger partial charge is 0.497 e. The number of amides is 2. The molecule has 0 heterocycles. The normalized spacial score (nSPS) is 12.0. The lowest BCUT2D eigenvalue weighted by molar-refractivity contribution is -0.139. The first kappa shape index (κ1) is 28.2. The third-order valence-electron chi connectivity index (χ3n) is 5.82. The lowest BCUT2D eigenvalue weighted by Crippen LogP contribution is -2.51. The Bertz CT molecular complexity index is 1070. The van der Waals surface area contributed by atoms with Crippen molar-refractivity contribution in [2.24, 2.45) is 0 Å². The minimum Gasteiger partial charge on any atom is -0.497 e. The Hall–Kier alpha value is -3.07. The highest BCUT2D eigenvalue weighted by Crippen LogP contribution is 2.20. The van der Waals surface area contributed by atoms with Gasteiger partial charge in [-0.1, -0.05) is 44.5 Å². The summed E-state index contributed by atoms with van der Waals surface area (Å²) in [7, 11) is -2.17. The van der Waals surface area contributed by atoms with Gasteiger partial charge in [-0.25, -0.2) is 8.42 Å². The third-order valence-corrected chi connectivity index (χ3v) is 6.96. The number of nitrogens with one attached hydrogen (secondary N) is 1. The standard InChI is InChI=1S/C26H37N3O5S/c1-6-8-17-27-26(31)20(3)28(18-22-11-15-24(34-4)16-12-22)25(30)19-29(35(5,32)33)23-13-9-21(7-2)10-14-23/h9-16,20H,6-8,17-19H2,1-5H3,(H,27,31). The summed E-state index contributed by atoms with van der Waals surface area (Å²) >= 11 is 0. The van der Waals surface area contributed by atoms with Crippen LogP contribution in [0.1, 0.15) is 44.7 Å². The van der Waals surface area contributed by atoms with E-state index in [0.29, 0.717) is 18.0 Å². The van der Waals surface area contributed by atoms with E-state index in [4.69, 9.17) is 4.74 Å². The number of carbonyl (C=O) groups is 2. The Labute approximate surface area is 209 Å². The van der Waals surface area contributed by atoms with Crippen molar-refractivity contribution in [2.75, 3.05) is 30.8 Å². The Morgan fingerprint density at radius 3 is 2.11 bits per heavy atom. The van der Waals surface area contributed by atoms with Crippen molar-refractivity contribution in [1.29, 1.82) is 0 Å². The Balaban J connectivity index is 2.33. The summed E-state index contributed by atoms with van der Waals surface area (Å²) in [6.07, 6.45) is 3.66. The average molecular weight is 504 g/mol. The number of unbranched alkanes of at least 4 members (excludes halogenated alkanes) is 1. The lowest BCUT2D eigenvalue weighted by Gasteiger charge is -2.31. The summed E-state index contributed by atoms with van der Waals surface area (Å²) in [6, 6.07) is 13.5. The summed E-state index contributed by atoms with van der Waals surface area (Å²) in [5, 5.41) is 2.87. The van der Waals surface area contributed by atoms with Crippen LogP contribution in [0.4, 0.5) is 5.69 Å². The molecule has 1 atom stereocenters. The molecule has 2 aromatic rings. The predicted molar refractivity (Wildman–Crippen MR) is 139 cm³/mol. The van der Waals surface area contributed by atoms with E-state index in [-0.39, 0.29) is 12.5 Å². The molecule has 0 aromatic heterocycles. The Kier molecular flexibility index (Phi) is 10.6. The molecule has 0 saturated carbocycles. The third kappa shape index (κ3) is 8.28. The van der Waals surface area contributed by atoms with Crippen LogP contribution in [-0.2, 0) is 32.6 Å². The summed E-state index contributed by atoms with van der Waals surface area (Å²) in [5.74, 6) is -0.0711. The van der Waals surface area contributed by atoms with Crippen LogP contribution >= 0.6 is 0 Å². The number of benzene rings is 2. The number of rotatable bonds is 13. The summed E-state index contributed by atoms with van der Waals surface area (Å²) < 4.78 is 31.5. The van der Waals surface area contributed by atoms with Gasteiger partial charge in [-0.2, -0.15) is 0 Å². The first-order valence-corrected chi connectivity index (χ1v) is 13.7. The number of sulfonamides is 1. The zero-order valence-electron chi connectivity index (χ0n) is 21.3. The quantitative estimate of drug-likeness (QED) is 0.423. The Morgan fingerprint density at radius 2 is 1.60 bits per heavy atom. The molecule has 1 unspecified atom stereocenters. The van der Waals surface area contributed by atoms with Crippen LogP contribution < -0.4 is 14.4 Å². The number of ether oxygens (including phenoxy) is 1. The number of nitrogens with zero attached hydrogens (tertiary/aromatic N) is 2. The number of anilines is 1. The minimum atomic E-state index is -3.74. The van der Waals surface area contributed by atoms with E-state index >= 15 is 0 Å². The number of hydrogen-bond acceptors (Lipinski definition) is 5. The van der Waals surface area contributed by atoms with Gasteiger partial charge in [0, 0.05) is 13.1 Å². The number of methoxy groups -OCH3 is 1. The van der Waals surface area contributed by atoms with Gasteiger partial charge in [0.2, 0.25) is 21.8 Å². The first-order chi connectivity index (χ1) is 16.6. The molecule has 2 amide bonds. The summed E-state index contributed by atoms with van der Waals surface area (Å²) in [6.45, 7) is 5.95. The lowest BCUT2D eigenvalue weighted by atomic mass is 10.1.